The topological polar surface area (TPSA) is 112 Å². The van der Waals surface area contributed by atoms with Crippen LogP contribution in [0.4, 0.5) is 5.69 Å². The van der Waals surface area contributed by atoms with Crippen LogP contribution in [-0.4, -0.2) is 42.5 Å². The third-order valence-corrected chi connectivity index (χ3v) is 6.88. The number of ether oxygens (including phenoxy) is 2. The molecule has 0 aliphatic carbocycles. The first kappa shape index (κ1) is 26.2. The zero-order valence-electron chi connectivity index (χ0n) is 21.7. The summed E-state index contributed by atoms with van der Waals surface area (Å²) in [5.74, 6) is 1.12. The molecule has 37 heavy (non-hydrogen) atoms. The number of nitrogens with one attached hydrogen (secondary N) is 1. The average molecular weight is 523 g/mol. The number of anilines is 1. The van der Waals surface area contributed by atoms with E-state index in [1.807, 2.05) is 46.0 Å². The maximum Gasteiger partial charge on any atom is 0.228 e. The van der Waals surface area contributed by atoms with Gasteiger partial charge in [0.1, 0.15) is 22.1 Å². The van der Waals surface area contributed by atoms with Crippen LogP contribution in [0.2, 0.25) is 0 Å². The summed E-state index contributed by atoms with van der Waals surface area (Å²) in [4.78, 5) is 17.0. The van der Waals surface area contributed by atoms with Gasteiger partial charge in [-0.1, -0.05) is 12.1 Å². The lowest BCUT2D eigenvalue weighted by molar-refractivity contribution is -0.115. The zero-order chi connectivity index (χ0) is 27.0. The van der Waals surface area contributed by atoms with Gasteiger partial charge in [0.05, 0.1) is 36.5 Å². The second-order valence-electron chi connectivity index (χ2n) is 9.87. The van der Waals surface area contributed by atoms with E-state index in [1.165, 1.54) is 13.2 Å². The number of methoxy groups -OCH3 is 1. The van der Waals surface area contributed by atoms with Crippen LogP contribution in [0.1, 0.15) is 31.9 Å². The Morgan fingerprint density at radius 1 is 1.08 bits per heavy atom. The molecule has 1 N–H and O–H groups in total. The third kappa shape index (κ3) is 5.91. The zero-order valence-corrected chi connectivity index (χ0v) is 22.5. The molecule has 4 aromatic rings. The largest absolute Gasteiger partial charge is 0.495 e. The van der Waals surface area contributed by atoms with Crippen LogP contribution in [0.5, 0.6) is 17.2 Å². The number of aryl methyl sites for hydroxylation is 1. The summed E-state index contributed by atoms with van der Waals surface area (Å²) in [5.41, 5.74) is 2.67. The van der Waals surface area contributed by atoms with Crippen LogP contribution in [0.25, 0.3) is 10.9 Å². The predicted octanol–water partition coefficient (Wildman–Crippen LogP) is 4.88. The Morgan fingerprint density at radius 3 is 2.46 bits per heavy atom. The number of carbonyl (C=O) groups is 1. The van der Waals surface area contributed by atoms with Crippen LogP contribution < -0.4 is 14.8 Å². The average Bonchev–Trinajstić information content (AvgIpc) is 3.28. The van der Waals surface area contributed by atoms with Gasteiger partial charge in [0, 0.05) is 30.1 Å². The number of benzene rings is 2. The lowest BCUT2D eigenvalue weighted by Gasteiger charge is -2.18. The highest BCUT2D eigenvalue weighted by atomic mass is 32.2. The fraction of sp³-hybridized carbons (Fsp3) is 0.296. The van der Waals surface area contributed by atoms with E-state index >= 15 is 0 Å². The molecule has 0 atom stereocenters. The van der Waals surface area contributed by atoms with Crippen molar-refractivity contribution >= 4 is 32.3 Å². The van der Waals surface area contributed by atoms with Crippen molar-refractivity contribution in [2.45, 2.75) is 44.6 Å². The lowest BCUT2D eigenvalue weighted by atomic mass is 10.1. The van der Waals surface area contributed by atoms with E-state index in [-0.39, 0.29) is 28.5 Å². The molecule has 0 fully saturated rings. The van der Waals surface area contributed by atoms with Gasteiger partial charge in [0.25, 0.3) is 0 Å². The number of hydrogen-bond donors (Lipinski definition) is 1. The molecular weight excluding hydrogens is 492 g/mol. The van der Waals surface area contributed by atoms with Crippen LogP contribution >= 0.6 is 0 Å². The van der Waals surface area contributed by atoms with Gasteiger partial charge in [-0.3, -0.25) is 14.5 Å². The van der Waals surface area contributed by atoms with Gasteiger partial charge >= 0.3 is 0 Å². The fourth-order valence-corrected chi connectivity index (χ4v) is 4.71. The molecule has 194 valence electrons. The Labute approximate surface area is 216 Å². The molecule has 0 spiro atoms. The molecule has 0 unspecified atom stereocenters. The normalized spacial score (nSPS) is 11.9. The number of rotatable bonds is 7. The molecule has 0 radical (unpaired) electrons. The predicted molar refractivity (Wildman–Crippen MR) is 142 cm³/mol. The minimum Gasteiger partial charge on any atom is -0.495 e. The Morgan fingerprint density at radius 2 is 1.84 bits per heavy atom. The molecule has 4 rings (SSSR count). The summed E-state index contributed by atoms with van der Waals surface area (Å²) in [6.07, 6.45) is 6.35. The van der Waals surface area contributed by atoms with Crippen LogP contribution in [0.3, 0.4) is 0 Å². The Hall–Kier alpha value is -3.92. The minimum atomic E-state index is -3.53. The summed E-state index contributed by atoms with van der Waals surface area (Å²) < 4.78 is 37.8. The Balaban J connectivity index is 1.54. The smallest absolute Gasteiger partial charge is 0.228 e. The number of fused-ring (bicyclic) bond motifs is 1. The van der Waals surface area contributed by atoms with Gasteiger partial charge in [0.2, 0.25) is 5.91 Å². The molecule has 2 heterocycles. The number of amides is 1. The van der Waals surface area contributed by atoms with Gasteiger partial charge in [0.15, 0.2) is 9.84 Å². The molecule has 9 nitrogen and oxygen atoms in total. The molecule has 2 aromatic carbocycles. The maximum atomic E-state index is 12.6. The first-order chi connectivity index (χ1) is 17.3. The van der Waals surface area contributed by atoms with E-state index in [9.17, 15) is 13.2 Å². The van der Waals surface area contributed by atoms with E-state index in [4.69, 9.17) is 9.47 Å². The molecule has 0 aliphatic rings. The summed E-state index contributed by atoms with van der Waals surface area (Å²) in [5, 5.41) is 7.73. The molecular formula is C27H30N4O5S. The van der Waals surface area contributed by atoms with Gasteiger partial charge in [-0.25, -0.2) is 8.42 Å². The maximum absolute atomic E-state index is 12.6. The van der Waals surface area contributed by atoms with Crippen molar-refractivity contribution in [1.82, 2.24) is 14.8 Å². The highest BCUT2D eigenvalue weighted by Gasteiger charge is 2.19. The first-order valence-corrected chi connectivity index (χ1v) is 13.5. The Kier molecular flexibility index (Phi) is 6.96. The fourth-order valence-electron chi connectivity index (χ4n) is 3.87. The second-order valence-corrected chi connectivity index (χ2v) is 11.9. The highest BCUT2D eigenvalue weighted by Crippen LogP contribution is 2.36. The van der Waals surface area contributed by atoms with E-state index < -0.39 is 9.84 Å². The summed E-state index contributed by atoms with van der Waals surface area (Å²) in [6, 6.07) is 10.3. The Bertz CT molecular complexity index is 1590. The van der Waals surface area contributed by atoms with Crippen molar-refractivity contribution < 1.29 is 22.7 Å². The van der Waals surface area contributed by atoms with E-state index in [2.05, 4.69) is 15.4 Å². The van der Waals surface area contributed by atoms with Crippen molar-refractivity contribution in [3.05, 3.63) is 66.1 Å². The van der Waals surface area contributed by atoms with Gasteiger partial charge in [-0.05, 0) is 57.0 Å². The van der Waals surface area contributed by atoms with Crippen LogP contribution in [-0.2, 0) is 26.6 Å². The number of hydrogen-bond acceptors (Lipinski definition) is 7. The minimum absolute atomic E-state index is 0.0616. The van der Waals surface area contributed by atoms with Crippen molar-refractivity contribution in [3.8, 4) is 17.2 Å². The number of pyridine rings is 1. The van der Waals surface area contributed by atoms with Gasteiger partial charge in [-0.15, -0.1) is 0 Å². The number of nitrogens with zero attached hydrogens (tertiary/aromatic N) is 3. The standard InChI is InChI=1S/C27H30N4O5S/c1-17-11-18(12-26(32)30-19-15-29-31(16-19)27(2,3)4)7-8-22(17)36-23-9-10-28-21-14-24(35-5)25(13-20(21)23)37(6,33)34/h7-11,13-16H,12H2,1-6H3,(H,30,32). The molecule has 0 bridgehead atoms. The van der Waals surface area contributed by atoms with Crippen molar-refractivity contribution in [3.63, 3.8) is 0 Å². The van der Waals surface area contributed by atoms with Crippen LogP contribution in [0, 0.1) is 6.92 Å². The molecule has 0 saturated carbocycles. The molecule has 0 aliphatic heterocycles. The molecule has 1 amide bonds. The van der Waals surface area contributed by atoms with Gasteiger partial charge < -0.3 is 14.8 Å². The summed E-state index contributed by atoms with van der Waals surface area (Å²) in [6.45, 7) is 8.00. The molecule has 10 heteroatoms. The first-order valence-electron chi connectivity index (χ1n) is 11.6. The number of sulfone groups is 1. The number of aromatic nitrogens is 3. The van der Waals surface area contributed by atoms with Crippen molar-refractivity contribution in [2.75, 3.05) is 18.7 Å². The van der Waals surface area contributed by atoms with Crippen LogP contribution in [0.15, 0.2) is 59.9 Å². The molecule has 2 aromatic heterocycles. The quantitative estimate of drug-likeness (QED) is 0.368. The summed E-state index contributed by atoms with van der Waals surface area (Å²) >= 11 is 0. The van der Waals surface area contributed by atoms with E-state index in [1.54, 1.807) is 35.3 Å². The third-order valence-electron chi connectivity index (χ3n) is 5.76. The summed E-state index contributed by atoms with van der Waals surface area (Å²) in [7, 11) is -2.12. The van der Waals surface area contributed by atoms with Crippen molar-refractivity contribution in [2.24, 2.45) is 0 Å². The molecule has 0 saturated heterocycles. The van der Waals surface area contributed by atoms with Crippen molar-refractivity contribution in [1.29, 1.82) is 0 Å². The van der Waals surface area contributed by atoms with E-state index in [0.29, 0.717) is 28.1 Å². The second kappa shape index (κ2) is 9.85. The highest BCUT2D eigenvalue weighted by molar-refractivity contribution is 7.90. The van der Waals surface area contributed by atoms with E-state index in [0.717, 1.165) is 17.4 Å². The lowest BCUT2D eigenvalue weighted by Crippen LogP contribution is -2.22. The monoisotopic (exact) mass is 522 g/mol. The SMILES string of the molecule is COc1cc2nccc(Oc3ccc(CC(=O)Nc4cnn(C(C)(C)C)c4)cc3C)c2cc1S(C)(=O)=O. The van der Waals surface area contributed by atoms with Gasteiger partial charge in [-0.2, -0.15) is 5.10 Å². The number of carbonyl (C=O) groups excluding carboxylic acids is 1.